The molecule has 0 aliphatic carbocycles. The lowest BCUT2D eigenvalue weighted by atomic mass is 10.1. The van der Waals surface area contributed by atoms with Crippen LogP contribution < -0.4 is 0 Å². The van der Waals surface area contributed by atoms with Gasteiger partial charge in [0.05, 0.1) is 0 Å². The maximum Gasteiger partial charge on any atom is 0.332 e. The van der Waals surface area contributed by atoms with Crippen molar-refractivity contribution in [3.63, 3.8) is 0 Å². The number of carbonyl (C=O) groups excluding carboxylic acids is 1. The van der Waals surface area contributed by atoms with Gasteiger partial charge in [-0.3, -0.25) is 0 Å². The molecule has 0 aliphatic heterocycles. The largest absolute Gasteiger partial charge is 0.479 e. The Morgan fingerprint density at radius 2 is 2.09 bits per heavy atom. The summed E-state index contributed by atoms with van der Waals surface area (Å²) in [4.78, 5) is 19.8. The van der Waals surface area contributed by atoms with Gasteiger partial charge in [0.1, 0.15) is 6.29 Å². The van der Waals surface area contributed by atoms with Gasteiger partial charge in [0.15, 0.2) is 6.10 Å². The fourth-order valence-corrected chi connectivity index (χ4v) is 0.689. The van der Waals surface area contributed by atoms with E-state index in [1.54, 1.807) is 0 Å². The molecular weight excluding hydrogens is 148 g/mol. The number of carboxylic acid groups (broad SMARTS) is 1. The van der Waals surface area contributed by atoms with Crippen molar-refractivity contribution in [1.82, 2.24) is 0 Å². The van der Waals surface area contributed by atoms with E-state index >= 15 is 0 Å². The average Bonchev–Trinajstić information content (AvgIpc) is 1.97. The van der Waals surface area contributed by atoms with Gasteiger partial charge in [0.2, 0.25) is 0 Å². The molecule has 0 bridgehead atoms. The van der Waals surface area contributed by atoms with Crippen LogP contribution in [0.2, 0.25) is 0 Å². The molecule has 0 saturated carbocycles. The van der Waals surface area contributed by atoms with Gasteiger partial charge in [-0.1, -0.05) is 0 Å². The number of aliphatic hydroxyl groups excluding tert-OH is 1. The zero-order valence-corrected chi connectivity index (χ0v) is 6.19. The predicted molar refractivity (Wildman–Crippen MR) is 38.2 cm³/mol. The molecule has 0 aromatic heterocycles. The summed E-state index contributed by atoms with van der Waals surface area (Å²) in [5.74, 6) is -1.20. The van der Waals surface area contributed by atoms with Crippen LogP contribution in [0.1, 0.15) is 25.7 Å². The molecule has 1 atom stereocenters. The van der Waals surface area contributed by atoms with Crippen molar-refractivity contribution in [2.24, 2.45) is 0 Å². The molecule has 0 amide bonds. The first-order chi connectivity index (χ1) is 5.18. The number of aliphatic carboxylic acids is 1. The molecule has 11 heavy (non-hydrogen) atoms. The number of hydrogen-bond acceptors (Lipinski definition) is 3. The molecule has 0 aromatic carbocycles. The fourth-order valence-electron chi connectivity index (χ4n) is 0.689. The summed E-state index contributed by atoms with van der Waals surface area (Å²) in [7, 11) is 0. The molecular formula is C7H12O4. The Hall–Kier alpha value is -0.900. The van der Waals surface area contributed by atoms with E-state index in [0.29, 0.717) is 19.3 Å². The lowest BCUT2D eigenvalue weighted by molar-refractivity contribution is -0.146. The highest BCUT2D eigenvalue weighted by Gasteiger charge is 2.11. The minimum atomic E-state index is -1.28. The number of aldehydes is 1. The van der Waals surface area contributed by atoms with Crippen LogP contribution in [0, 0.1) is 0 Å². The maximum atomic E-state index is 10.0. The Bertz CT molecular complexity index is 132. The number of aliphatic hydroxyl groups is 1. The lowest BCUT2D eigenvalue weighted by Gasteiger charge is -2.02. The van der Waals surface area contributed by atoms with Crippen LogP contribution in [-0.4, -0.2) is 28.6 Å². The Kier molecular flexibility index (Phi) is 5.37. The third-order valence-corrected chi connectivity index (χ3v) is 1.33. The van der Waals surface area contributed by atoms with Crippen LogP contribution in [-0.2, 0) is 9.59 Å². The molecule has 0 heterocycles. The number of carboxylic acids is 1. The molecule has 2 N–H and O–H groups in total. The van der Waals surface area contributed by atoms with Crippen molar-refractivity contribution in [3.05, 3.63) is 0 Å². The Labute approximate surface area is 64.8 Å². The summed E-state index contributed by atoms with van der Waals surface area (Å²) in [6.45, 7) is 0. The van der Waals surface area contributed by atoms with E-state index in [9.17, 15) is 9.59 Å². The Morgan fingerprint density at radius 1 is 1.45 bits per heavy atom. The summed E-state index contributed by atoms with van der Waals surface area (Å²) in [6, 6.07) is 0. The van der Waals surface area contributed by atoms with Gasteiger partial charge in [-0.15, -0.1) is 0 Å². The molecule has 1 unspecified atom stereocenters. The number of carbonyl (C=O) groups is 2. The summed E-state index contributed by atoms with van der Waals surface area (Å²) in [5.41, 5.74) is 0. The van der Waals surface area contributed by atoms with Crippen molar-refractivity contribution in [3.8, 4) is 0 Å². The first-order valence-electron chi connectivity index (χ1n) is 3.53. The summed E-state index contributed by atoms with van der Waals surface area (Å²) < 4.78 is 0. The molecule has 4 heteroatoms. The topological polar surface area (TPSA) is 74.6 Å². The van der Waals surface area contributed by atoms with Crippen LogP contribution in [0.5, 0.6) is 0 Å². The molecule has 4 nitrogen and oxygen atoms in total. The van der Waals surface area contributed by atoms with E-state index < -0.39 is 12.1 Å². The second kappa shape index (κ2) is 5.85. The van der Waals surface area contributed by atoms with Gasteiger partial charge in [-0.05, 0) is 19.3 Å². The van der Waals surface area contributed by atoms with E-state index in [4.69, 9.17) is 10.2 Å². The van der Waals surface area contributed by atoms with E-state index in [1.165, 1.54) is 0 Å². The van der Waals surface area contributed by atoms with Crippen molar-refractivity contribution in [2.75, 3.05) is 0 Å². The SMILES string of the molecule is O=CCCCCC(O)C(=O)O. The molecule has 64 valence electrons. The van der Waals surface area contributed by atoms with E-state index in [-0.39, 0.29) is 6.42 Å². The first-order valence-corrected chi connectivity index (χ1v) is 3.53. The second-order valence-corrected chi connectivity index (χ2v) is 2.31. The number of unbranched alkanes of at least 4 members (excludes halogenated alkanes) is 2. The molecule has 0 aromatic rings. The molecule has 0 fully saturated rings. The van der Waals surface area contributed by atoms with Gasteiger partial charge in [-0.25, -0.2) is 4.79 Å². The first kappa shape index (κ1) is 10.1. The van der Waals surface area contributed by atoms with E-state index in [1.807, 2.05) is 0 Å². The smallest absolute Gasteiger partial charge is 0.332 e. The van der Waals surface area contributed by atoms with Crippen LogP contribution in [0.4, 0.5) is 0 Å². The molecule has 0 radical (unpaired) electrons. The zero-order valence-electron chi connectivity index (χ0n) is 6.19. The fraction of sp³-hybridized carbons (Fsp3) is 0.714. The Morgan fingerprint density at radius 3 is 2.55 bits per heavy atom. The van der Waals surface area contributed by atoms with Crippen molar-refractivity contribution < 1.29 is 19.8 Å². The average molecular weight is 160 g/mol. The minimum Gasteiger partial charge on any atom is -0.479 e. The third-order valence-electron chi connectivity index (χ3n) is 1.33. The van der Waals surface area contributed by atoms with Crippen LogP contribution >= 0.6 is 0 Å². The highest BCUT2D eigenvalue weighted by atomic mass is 16.4. The summed E-state index contributed by atoms with van der Waals surface area (Å²) in [5, 5.41) is 17.0. The van der Waals surface area contributed by atoms with Crippen molar-refractivity contribution in [1.29, 1.82) is 0 Å². The minimum absolute atomic E-state index is 0.225. The third kappa shape index (κ3) is 5.54. The highest BCUT2D eigenvalue weighted by Crippen LogP contribution is 2.02. The summed E-state index contributed by atoms with van der Waals surface area (Å²) >= 11 is 0. The maximum absolute atomic E-state index is 10.0. The number of hydrogen-bond donors (Lipinski definition) is 2. The molecule has 0 aliphatic rings. The normalized spacial score (nSPS) is 12.5. The van der Waals surface area contributed by atoms with Crippen molar-refractivity contribution >= 4 is 12.3 Å². The number of rotatable bonds is 6. The van der Waals surface area contributed by atoms with Gasteiger partial charge in [0, 0.05) is 6.42 Å². The van der Waals surface area contributed by atoms with Crippen LogP contribution in [0.3, 0.4) is 0 Å². The predicted octanol–water partition coefficient (Wildman–Crippen LogP) is 0.191. The van der Waals surface area contributed by atoms with E-state index in [0.717, 1.165) is 6.29 Å². The lowest BCUT2D eigenvalue weighted by Crippen LogP contribution is -2.18. The van der Waals surface area contributed by atoms with Crippen molar-refractivity contribution in [2.45, 2.75) is 31.8 Å². The van der Waals surface area contributed by atoms with Crippen LogP contribution in [0.25, 0.3) is 0 Å². The molecule has 0 saturated heterocycles. The van der Waals surface area contributed by atoms with Gasteiger partial charge in [-0.2, -0.15) is 0 Å². The standard InChI is InChI=1S/C7H12O4/c8-5-3-1-2-4-6(9)7(10)11/h5-6,9H,1-4H2,(H,10,11). The van der Waals surface area contributed by atoms with Gasteiger partial charge < -0.3 is 15.0 Å². The van der Waals surface area contributed by atoms with E-state index in [2.05, 4.69) is 0 Å². The van der Waals surface area contributed by atoms with Crippen LogP contribution in [0.15, 0.2) is 0 Å². The van der Waals surface area contributed by atoms with Gasteiger partial charge in [0.25, 0.3) is 0 Å². The second-order valence-electron chi connectivity index (χ2n) is 2.31. The highest BCUT2D eigenvalue weighted by molar-refractivity contribution is 5.71. The molecule has 0 spiro atoms. The van der Waals surface area contributed by atoms with Gasteiger partial charge >= 0.3 is 5.97 Å². The molecule has 0 rings (SSSR count). The summed E-state index contributed by atoms with van der Waals surface area (Å²) in [6.07, 6.45) is 1.39. The monoisotopic (exact) mass is 160 g/mol. The quantitative estimate of drug-likeness (QED) is 0.429. The Balaban J connectivity index is 3.24. The zero-order chi connectivity index (χ0) is 8.69.